The highest BCUT2D eigenvalue weighted by Gasteiger charge is 2.47. The number of cyclic esters (lactones) is 1. The van der Waals surface area contributed by atoms with E-state index in [4.69, 9.17) is 18.9 Å². The Balaban J connectivity index is 1.65. The van der Waals surface area contributed by atoms with Crippen LogP contribution in [0, 0.1) is 29.6 Å². The van der Waals surface area contributed by atoms with Crippen molar-refractivity contribution in [2.45, 2.75) is 111 Å². The van der Waals surface area contributed by atoms with E-state index in [2.05, 4.69) is 44.7 Å². The SMILES string of the molecule is CC1COC(=O)C(C)CC(C)C(O[C@H]2O[C@@H](C)C[C@@H](N(C)S(=O)(=O)Nc3ccccc3)[C@@H]2Oc2ccccc2)C(C)CC(C)CNC(C)C1. The standard InChI is InChI=1S/C38H59N3O7S/c1-25-19-27(3)35(28(4)21-29(5)37(42)45-24-26(2)20-30(6)39-23-25)48-38-36(47-33-17-13-10-14-18-33)34(22-31(7)46-38)41(8)49(43,44)40-32-15-11-9-12-16-32/h9-18,25-31,34-36,38-40H,19-24H2,1-8H3/t25?,26?,27?,28?,29?,30?,31-,34+,35?,36-,38+/m0/s1. The Morgan fingerprint density at radius 2 is 1.45 bits per heavy atom. The van der Waals surface area contributed by atoms with E-state index in [0.717, 1.165) is 19.4 Å². The van der Waals surface area contributed by atoms with Crippen LogP contribution in [-0.2, 0) is 29.2 Å². The molecule has 2 aromatic carbocycles. The van der Waals surface area contributed by atoms with Crippen molar-refractivity contribution in [3.63, 3.8) is 0 Å². The Morgan fingerprint density at radius 3 is 2.12 bits per heavy atom. The predicted molar refractivity (Wildman–Crippen MR) is 193 cm³/mol. The van der Waals surface area contributed by atoms with Crippen LogP contribution in [0.4, 0.5) is 5.69 Å². The van der Waals surface area contributed by atoms with Crippen LogP contribution >= 0.6 is 0 Å². The summed E-state index contributed by atoms with van der Waals surface area (Å²) in [6.45, 7) is 16.0. The number of carbonyl (C=O) groups is 1. The summed E-state index contributed by atoms with van der Waals surface area (Å²) in [5, 5.41) is 3.68. The van der Waals surface area contributed by atoms with Gasteiger partial charge in [0.1, 0.15) is 5.75 Å². The number of nitrogens with one attached hydrogen (secondary N) is 2. The van der Waals surface area contributed by atoms with Crippen molar-refractivity contribution in [2.75, 3.05) is 24.9 Å². The zero-order valence-corrected chi connectivity index (χ0v) is 31.4. The Kier molecular flexibility index (Phi) is 14.4. The van der Waals surface area contributed by atoms with Gasteiger partial charge in [-0.15, -0.1) is 0 Å². The van der Waals surface area contributed by atoms with Crippen LogP contribution < -0.4 is 14.8 Å². The highest BCUT2D eigenvalue weighted by atomic mass is 32.2. The number of benzene rings is 2. The molecule has 10 nitrogen and oxygen atoms in total. The average Bonchev–Trinajstić information content (AvgIpc) is 3.06. The quantitative estimate of drug-likeness (QED) is 0.300. The van der Waals surface area contributed by atoms with E-state index in [1.165, 1.54) is 4.31 Å². The van der Waals surface area contributed by atoms with E-state index in [1.54, 1.807) is 31.3 Å². The van der Waals surface area contributed by atoms with Gasteiger partial charge in [0.2, 0.25) is 0 Å². The average molecular weight is 702 g/mol. The molecule has 0 saturated carbocycles. The smallest absolute Gasteiger partial charge is 0.308 e. The summed E-state index contributed by atoms with van der Waals surface area (Å²) >= 11 is 0. The van der Waals surface area contributed by atoms with Gasteiger partial charge < -0.3 is 24.3 Å². The molecule has 2 aliphatic heterocycles. The fourth-order valence-electron chi connectivity index (χ4n) is 7.33. The van der Waals surface area contributed by atoms with Crippen LogP contribution in [0.1, 0.15) is 74.1 Å². The summed E-state index contributed by atoms with van der Waals surface area (Å²) in [5.41, 5.74) is 0.473. The normalized spacial score (nSPS) is 34.3. The van der Waals surface area contributed by atoms with Crippen molar-refractivity contribution in [3.05, 3.63) is 60.7 Å². The molecule has 7 unspecified atom stereocenters. The lowest BCUT2D eigenvalue weighted by Gasteiger charge is -2.45. The fourth-order valence-corrected chi connectivity index (χ4v) is 8.47. The number of esters is 1. The maximum Gasteiger partial charge on any atom is 0.308 e. The highest BCUT2D eigenvalue weighted by Crippen LogP contribution is 2.35. The molecule has 0 spiro atoms. The summed E-state index contributed by atoms with van der Waals surface area (Å²) in [4.78, 5) is 13.1. The van der Waals surface area contributed by atoms with Crippen LogP contribution in [0.5, 0.6) is 5.75 Å². The second-order valence-electron chi connectivity index (χ2n) is 14.8. The van der Waals surface area contributed by atoms with Crippen molar-refractivity contribution >= 4 is 21.9 Å². The monoisotopic (exact) mass is 701 g/mol. The largest absolute Gasteiger partial charge is 0.483 e. The highest BCUT2D eigenvalue weighted by molar-refractivity contribution is 7.90. The third-order valence-corrected chi connectivity index (χ3v) is 11.4. The lowest BCUT2D eigenvalue weighted by molar-refractivity contribution is -0.271. The molecule has 2 heterocycles. The number of anilines is 1. The molecule has 0 amide bonds. The van der Waals surface area contributed by atoms with Crippen LogP contribution in [0.15, 0.2) is 60.7 Å². The second kappa shape index (κ2) is 18.0. The number of nitrogens with zero attached hydrogens (tertiary/aromatic N) is 1. The Hall–Kier alpha value is -2.70. The zero-order chi connectivity index (χ0) is 35.7. The molecule has 11 heteroatoms. The summed E-state index contributed by atoms with van der Waals surface area (Å²) in [7, 11) is -2.40. The summed E-state index contributed by atoms with van der Waals surface area (Å²) in [5.74, 6) is 0.796. The summed E-state index contributed by atoms with van der Waals surface area (Å²) in [6.07, 6.45) is 0.534. The zero-order valence-electron chi connectivity index (χ0n) is 30.6. The molecule has 0 aromatic heterocycles. The number of rotatable bonds is 8. The molecular formula is C38H59N3O7S. The maximum atomic E-state index is 13.8. The first-order chi connectivity index (χ1) is 23.2. The van der Waals surface area contributed by atoms with Gasteiger partial charge in [0.15, 0.2) is 12.4 Å². The van der Waals surface area contributed by atoms with Crippen LogP contribution in [0.3, 0.4) is 0 Å². The van der Waals surface area contributed by atoms with Crippen molar-refractivity contribution < 1.29 is 32.2 Å². The van der Waals surface area contributed by atoms with E-state index in [9.17, 15) is 13.2 Å². The lowest BCUT2D eigenvalue weighted by atomic mass is 9.82. The van der Waals surface area contributed by atoms with Crippen LogP contribution in [-0.4, -0.2) is 75.6 Å². The molecule has 2 aromatic rings. The molecule has 11 atom stereocenters. The molecule has 2 fully saturated rings. The van der Waals surface area contributed by atoms with Gasteiger partial charge in [0.25, 0.3) is 0 Å². The Morgan fingerprint density at radius 1 is 0.816 bits per heavy atom. The van der Waals surface area contributed by atoms with E-state index < -0.39 is 28.6 Å². The molecule has 49 heavy (non-hydrogen) atoms. The van der Waals surface area contributed by atoms with Crippen molar-refractivity contribution in [1.29, 1.82) is 0 Å². The van der Waals surface area contributed by atoms with Gasteiger partial charge in [0, 0.05) is 18.8 Å². The van der Waals surface area contributed by atoms with Crippen LogP contribution in [0.2, 0.25) is 0 Å². The minimum atomic E-state index is -3.97. The minimum absolute atomic E-state index is 0.0305. The fraction of sp³-hybridized carbons (Fsp3) is 0.658. The maximum absolute atomic E-state index is 13.8. The third kappa shape index (κ3) is 11.4. The number of likely N-dealkylation sites (N-methyl/N-ethyl adjacent to an activating group) is 1. The van der Waals surface area contributed by atoms with Crippen molar-refractivity contribution in [1.82, 2.24) is 9.62 Å². The molecular weight excluding hydrogens is 642 g/mol. The first kappa shape index (κ1) is 39.1. The summed E-state index contributed by atoms with van der Waals surface area (Å²) < 4.78 is 57.5. The number of hydrogen-bond donors (Lipinski definition) is 2. The second-order valence-corrected chi connectivity index (χ2v) is 16.5. The number of ether oxygens (including phenoxy) is 4. The lowest BCUT2D eigenvalue weighted by Crippen LogP contribution is -2.60. The van der Waals surface area contributed by atoms with Gasteiger partial charge in [-0.2, -0.15) is 12.7 Å². The molecule has 0 bridgehead atoms. The number of para-hydroxylation sites is 2. The molecule has 2 N–H and O–H groups in total. The van der Waals surface area contributed by atoms with Gasteiger partial charge in [-0.05, 0) is 94.0 Å². The molecule has 274 valence electrons. The van der Waals surface area contributed by atoms with E-state index in [0.29, 0.717) is 42.8 Å². The first-order valence-corrected chi connectivity index (χ1v) is 19.4. The predicted octanol–water partition coefficient (Wildman–Crippen LogP) is 6.50. The Bertz CT molecular complexity index is 1400. The van der Waals surface area contributed by atoms with Crippen molar-refractivity contribution in [2.24, 2.45) is 29.6 Å². The van der Waals surface area contributed by atoms with E-state index in [-0.39, 0.29) is 41.8 Å². The number of carbonyl (C=O) groups excluding carboxylic acids is 1. The van der Waals surface area contributed by atoms with Gasteiger partial charge in [-0.25, -0.2) is 0 Å². The molecule has 0 aliphatic carbocycles. The molecule has 2 saturated heterocycles. The topological polar surface area (TPSA) is 115 Å². The minimum Gasteiger partial charge on any atom is -0.483 e. The van der Waals surface area contributed by atoms with E-state index in [1.807, 2.05) is 50.2 Å². The Labute approximate surface area is 294 Å². The molecule has 0 radical (unpaired) electrons. The third-order valence-electron chi connectivity index (χ3n) is 9.87. The number of hydrogen-bond acceptors (Lipinski definition) is 8. The van der Waals surface area contributed by atoms with Gasteiger partial charge >= 0.3 is 16.2 Å². The van der Waals surface area contributed by atoms with Gasteiger partial charge in [-0.1, -0.05) is 71.0 Å². The van der Waals surface area contributed by atoms with Crippen molar-refractivity contribution in [3.8, 4) is 5.75 Å². The van der Waals surface area contributed by atoms with Crippen LogP contribution in [0.25, 0.3) is 0 Å². The molecule has 4 rings (SSSR count). The van der Waals surface area contributed by atoms with Gasteiger partial charge in [0.05, 0.1) is 30.8 Å². The summed E-state index contributed by atoms with van der Waals surface area (Å²) in [6, 6.07) is 17.9. The first-order valence-electron chi connectivity index (χ1n) is 18.0. The van der Waals surface area contributed by atoms with Gasteiger partial charge in [-0.3, -0.25) is 9.52 Å². The van der Waals surface area contributed by atoms with E-state index >= 15 is 0 Å². The molecule has 2 aliphatic rings.